The fraction of sp³-hybridized carbons (Fsp3) is 0.333. The van der Waals surface area contributed by atoms with Crippen LogP contribution in [0, 0.1) is 17.6 Å². The lowest BCUT2D eigenvalue weighted by Gasteiger charge is -2.29. The van der Waals surface area contributed by atoms with Crippen molar-refractivity contribution in [2.45, 2.75) is 44.9 Å². The van der Waals surface area contributed by atoms with Crippen LogP contribution in [0.5, 0.6) is 5.75 Å². The maximum atomic E-state index is 14.9. The van der Waals surface area contributed by atoms with E-state index in [0.717, 1.165) is 25.3 Å². The third-order valence-corrected chi connectivity index (χ3v) is 6.18. The lowest BCUT2D eigenvalue weighted by atomic mass is 9.78. The second-order valence-electron chi connectivity index (χ2n) is 8.69. The fourth-order valence-electron chi connectivity index (χ4n) is 3.95. The van der Waals surface area contributed by atoms with Crippen LogP contribution in [0.15, 0.2) is 85.6 Å². The second kappa shape index (κ2) is 14.2. The van der Waals surface area contributed by atoms with E-state index in [1.54, 1.807) is 24.3 Å². The highest BCUT2D eigenvalue weighted by Crippen LogP contribution is 2.39. The summed E-state index contributed by atoms with van der Waals surface area (Å²) in [6, 6.07) is 9.21. The first kappa shape index (κ1) is 28.8. The molecule has 0 saturated heterocycles. The largest absolute Gasteiger partial charge is 0.508 e. The van der Waals surface area contributed by atoms with Crippen LogP contribution in [-0.2, 0) is 9.47 Å². The number of hydrogen-bond donors (Lipinski definition) is 1. The first-order valence-corrected chi connectivity index (χ1v) is 12.0. The molecule has 0 aromatic heterocycles. The van der Waals surface area contributed by atoms with Crippen molar-refractivity contribution in [2.75, 3.05) is 13.7 Å². The van der Waals surface area contributed by atoms with Crippen LogP contribution in [0.1, 0.15) is 50.5 Å². The normalized spacial score (nSPS) is 17.4. The Morgan fingerprint density at radius 3 is 2.19 bits per heavy atom. The SMILES string of the molecule is C=C(/C=C(/F)C(=C)OCC1CCC(c2ccc(-c3ccc(O)cc3)c(F)c2F)CC1)OC.C=CCC. The van der Waals surface area contributed by atoms with Gasteiger partial charge in [-0.15, -0.1) is 6.58 Å². The molecular formula is C30H35F3O3. The summed E-state index contributed by atoms with van der Waals surface area (Å²) < 4.78 is 53.8. The number of ether oxygens (including phenoxy) is 2. The topological polar surface area (TPSA) is 38.7 Å². The number of phenols is 1. The van der Waals surface area contributed by atoms with E-state index in [-0.39, 0.29) is 34.7 Å². The van der Waals surface area contributed by atoms with Crippen molar-refractivity contribution < 1.29 is 27.8 Å². The monoisotopic (exact) mass is 500 g/mol. The lowest BCUT2D eigenvalue weighted by Crippen LogP contribution is -2.19. The highest BCUT2D eigenvalue weighted by molar-refractivity contribution is 5.65. The third-order valence-electron chi connectivity index (χ3n) is 6.18. The zero-order valence-electron chi connectivity index (χ0n) is 21.0. The first-order valence-electron chi connectivity index (χ1n) is 12.0. The van der Waals surface area contributed by atoms with Gasteiger partial charge in [-0.05, 0) is 67.2 Å². The fourth-order valence-corrected chi connectivity index (χ4v) is 3.95. The molecule has 1 fully saturated rings. The molecule has 3 nitrogen and oxygen atoms in total. The van der Waals surface area contributed by atoms with Crippen molar-refractivity contribution >= 4 is 0 Å². The molecule has 194 valence electrons. The summed E-state index contributed by atoms with van der Waals surface area (Å²) in [5.74, 6) is -2.09. The van der Waals surface area contributed by atoms with Crippen LogP contribution >= 0.6 is 0 Å². The molecule has 1 aliphatic rings. The van der Waals surface area contributed by atoms with Crippen LogP contribution < -0.4 is 0 Å². The Morgan fingerprint density at radius 1 is 1.03 bits per heavy atom. The summed E-state index contributed by atoms with van der Waals surface area (Å²) in [6.07, 6.45) is 6.96. The quantitative estimate of drug-likeness (QED) is 0.213. The average Bonchev–Trinajstić information content (AvgIpc) is 2.89. The molecule has 0 atom stereocenters. The summed E-state index contributed by atoms with van der Waals surface area (Å²) in [6.45, 7) is 13.0. The van der Waals surface area contributed by atoms with Gasteiger partial charge in [0.05, 0.1) is 13.7 Å². The molecule has 0 amide bonds. The molecule has 2 aromatic carbocycles. The number of halogens is 3. The molecule has 36 heavy (non-hydrogen) atoms. The minimum atomic E-state index is -0.880. The third kappa shape index (κ3) is 8.08. The Kier molecular flexibility index (Phi) is 11.4. The highest BCUT2D eigenvalue weighted by atomic mass is 19.2. The highest BCUT2D eigenvalue weighted by Gasteiger charge is 2.27. The number of hydrogen-bond acceptors (Lipinski definition) is 3. The van der Waals surface area contributed by atoms with Crippen molar-refractivity contribution in [3.63, 3.8) is 0 Å². The van der Waals surface area contributed by atoms with Gasteiger partial charge in [-0.3, -0.25) is 0 Å². The summed E-state index contributed by atoms with van der Waals surface area (Å²) >= 11 is 0. The van der Waals surface area contributed by atoms with Gasteiger partial charge in [0.1, 0.15) is 17.3 Å². The van der Waals surface area contributed by atoms with Gasteiger partial charge in [0, 0.05) is 11.6 Å². The van der Waals surface area contributed by atoms with E-state index >= 15 is 0 Å². The predicted octanol–water partition coefficient (Wildman–Crippen LogP) is 8.74. The maximum Gasteiger partial charge on any atom is 0.168 e. The zero-order valence-corrected chi connectivity index (χ0v) is 21.0. The van der Waals surface area contributed by atoms with Gasteiger partial charge in [0.15, 0.2) is 17.5 Å². The van der Waals surface area contributed by atoms with Gasteiger partial charge in [0.25, 0.3) is 0 Å². The Balaban J connectivity index is 0.00000106. The summed E-state index contributed by atoms with van der Waals surface area (Å²) in [5.41, 5.74) is 1.04. The summed E-state index contributed by atoms with van der Waals surface area (Å²) in [4.78, 5) is 0. The number of phenolic OH excluding ortho intramolecular Hbond substituents is 1. The predicted molar refractivity (Wildman–Crippen MR) is 139 cm³/mol. The summed E-state index contributed by atoms with van der Waals surface area (Å²) in [7, 11) is 1.39. The van der Waals surface area contributed by atoms with Crippen LogP contribution in [0.4, 0.5) is 13.2 Å². The zero-order chi connectivity index (χ0) is 26.7. The van der Waals surface area contributed by atoms with Crippen molar-refractivity contribution in [3.05, 3.63) is 103 Å². The smallest absolute Gasteiger partial charge is 0.168 e. The lowest BCUT2D eigenvalue weighted by molar-refractivity contribution is 0.136. The minimum absolute atomic E-state index is 0.0646. The van der Waals surface area contributed by atoms with E-state index in [1.807, 2.05) is 6.08 Å². The molecular weight excluding hydrogens is 465 g/mol. The average molecular weight is 501 g/mol. The molecule has 1 saturated carbocycles. The van der Waals surface area contributed by atoms with Gasteiger partial charge in [-0.2, -0.15) is 0 Å². The van der Waals surface area contributed by atoms with Gasteiger partial charge in [-0.25, -0.2) is 13.2 Å². The molecule has 3 rings (SSSR count). The Morgan fingerprint density at radius 2 is 1.64 bits per heavy atom. The van der Waals surface area contributed by atoms with Crippen LogP contribution in [0.3, 0.4) is 0 Å². The van der Waals surface area contributed by atoms with E-state index in [4.69, 9.17) is 9.47 Å². The molecule has 1 aliphatic carbocycles. The molecule has 1 N–H and O–H groups in total. The van der Waals surface area contributed by atoms with E-state index in [9.17, 15) is 18.3 Å². The van der Waals surface area contributed by atoms with Crippen molar-refractivity contribution in [1.29, 1.82) is 0 Å². The number of aromatic hydroxyl groups is 1. The standard InChI is InChI=1S/C26H27F3O3.C4H8/c1-16(31-3)14-24(27)17(2)32-15-18-4-6-19(7-5-18)22-12-13-23(26(29)25(22)28)20-8-10-21(30)11-9-20;1-3-4-2/h8-14,18-19,30H,1-2,4-7,15H2,3H3;3H,1,4H2,2H3/b24-14+;. The molecule has 0 aliphatic heterocycles. The first-order chi connectivity index (χ1) is 17.2. The molecule has 0 radical (unpaired) electrons. The van der Waals surface area contributed by atoms with Gasteiger partial charge < -0.3 is 14.6 Å². The Labute approximate surface area is 212 Å². The van der Waals surface area contributed by atoms with E-state index in [0.29, 0.717) is 30.6 Å². The van der Waals surface area contributed by atoms with Crippen LogP contribution in [0.2, 0.25) is 0 Å². The van der Waals surface area contributed by atoms with Gasteiger partial charge in [-0.1, -0.05) is 50.4 Å². The van der Waals surface area contributed by atoms with Crippen LogP contribution in [0.25, 0.3) is 11.1 Å². The van der Waals surface area contributed by atoms with Crippen molar-refractivity contribution in [2.24, 2.45) is 5.92 Å². The Hall–Kier alpha value is -3.41. The number of benzene rings is 2. The van der Waals surface area contributed by atoms with E-state index in [2.05, 4.69) is 26.7 Å². The second-order valence-corrected chi connectivity index (χ2v) is 8.69. The minimum Gasteiger partial charge on any atom is -0.508 e. The van der Waals surface area contributed by atoms with E-state index in [1.165, 1.54) is 19.2 Å². The van der Waals surface area contributed by atoms with E-state index < -0.39 is 17.5 Å². The molecule has 0 spiro atoms. The number of allylic oxidation sites excluding steroid dienone is 3. The Bertz CT molecular complexity index is 1070. The summed E-state index contributed by atoms with van der Waals surface area (Å²) in [5, 5.41) is 9.39. The molecule has 0 bridgehead atoms. The van der Waals surface area contributed by atoms with Crippen LogP contribution in [-0.4, -0.2) is 18.8 Å². The molecule has 0 unspecified atom stereocenters. The van der Waals surface area contributed by atoms with Crippen molar-refractivity contribution in [3.8, 4) is 16.9 Å². The molecule has 2 aromatic rings. The maximum absolute atomic E-state index is 14.9. The van der Waals surface area contributed by atoms with Gasteiger partial charge >= 0.3 is 0 Å². The molecule has 0 heterocycles. The molecule has 6 heteroatoms. The number of methoxy groups -OCH3 is 1. The van der Waals surface area contributed by atoms with Gasteiger partial charge in [0.2, 0.25) is 0 Å². The van der Waals surface area contributed by atoms with Crippen molar-refractivity contribution in [1.82, 2.24) is 0 Å². The number of rotatable bonds is 9.